The van der Waals surface area contributed by atoms with Crippen molar-refractivity contribution in [3.8, 4) is 11.5 Å². The number of hydrogen-bond acceptors (Lipinski definition) is 4. The number of halogens is 3. The molecule has 0 radical (unpaired) electrons. The molecule has 0 fully saturated rings. The lowest BCUT2D eigenvalue weighted by Gasteiger charge is -2.08. The quantitative estimate of drug-likeness (QED) is 0.487. The Kier molecular flexibility index (Phi) is 4.72. The molecule has 4 nitrogen and oxygen atoms in total. The van der Waals surface area contributed by atoms with Gasteiger partial charge in [0.25, 0.3) is 5.78 Å². The summed E-state index contributed by atoms with van der Waals surface area (Å²) in [6.45, 7) is 0. The fraction of sp³-hybridized carbons (Fsp3) is 0.0667. The predicted molar refractivity (Wildman–Crippen MR) is 74.2 cm³/mol. The van der Waals surface area contributed by atoms with Gasteiger partial charge in [-0.05, 0) is 24.3 Å². The Balaban J connectivity index is 2.26. The van der Waals surface area contributed by atoms with E-state index in [0.29, 0.717) is 6.07 Å². The van der Waals surface area contributed by atoms with Crippen LogP contribution >= 0.6 is 11.6 Å². The Morgan fingerprint density at radius 2 is 1.82 bits per heavy atom. The summed E-state index contributed by atoms with van der Waals surface area (Å²) < 4.78 is 35.8. The first-order valence-corrected chi connectivity index (χ1v) is 6.35. The smallest absolute Gasteiger partial charge is 0.379 e. The number of Topliss-reactive ketones (excluding diaryl/α,β-unsaturated/α-hetero) is 1. The van der Waals surface area contributed by atoms with Crippen LogP contribution in [0, 0.1) is 11.6 Å². The molecule has 7 heteroatoms. The van der Waals surface area contributed by atoms with Gasteiger partial charge in [0.15, 0.2) is 11.6 Å². The van der Waals surface area contributed by atoms with Crippen molar-refractivity contribution >= 4 is 23.4 Å². The fourth-order valence-corrected chi connectivity index (χ4v) is 1.89. The minimum Gasteiger partial charge on any atom is -0.463 e. The van der Waals surface area contributed by atoms with Gasteiger partial charge in [0.1, 0.15) is 11.6 Å². The van der Waals surface area contributed by atoms with Crippen molar-refractivity contribution in [1.82, 2.24) is 0 Å². The van der Waals surface area contributed by atoms with Crippen LogP contribution in [0.1, 0.15) is 10.4 Å². The minimum absolute atomic E-state index is 0.0598. The van der Waals surface area contributed by atoms with Crippen LogP contribution in [-0.4, -0.2) is 18.9 Å². The molecule has 2 aromatic rings. The molecule has 2 rings (SSSR count). The van der Waals surface area contributed by atoms with Crippen LogP contribution < -0.4 is 4.74 Å². The Hall–Kier alpha value is -2.47. The van der Waals surface area contributed by atoms with Gasteiger partial charge in [-0.15, -0.1) is 0 Å². The maximum absolute atomic E-state index is 13.5. The van der Waals surface area contributed by atoms with Crippen LogP contribution in [-0.2, 0) is 9.53 Å². The lowest BCUT2D eigenvalue weighted by Crippen LogP contribution is -2.16. The highest BCUT2D eigenvalue weighted by Gasteiger charge is 2.20. The molecule has 22 heavy (non-hydrogen) atoms. The molecular weight excluding hydrogens is 318 g/mol. The number of ether oxygens (including phenoxy) is 2. The highest BCUT2D eigenvalue weighted by atomic mass is 35.5. The third kappa shape index (κ3) is 3.40. The lowest BCUT2D eigenvalue weighted by molar-refractivity contribution is -0.135. The third-order valence-corrected chi connectivity index (χ3v) is 2.99. The maximum Gasteiger partial charge on any atom is 0.379 e. The SMILES string of the molecule is COC(=O)C(=O)c1ccc(Oc2ccc(F)cc2F)cc1Cl. The summed E-state index contributed by atoms with van der Waals surface area (Å²) in [4.78, 5) is 22.8. The molecule has 0 heterocycles. The van der Waals surface area contributed by atoms with Gasteiger partial charge in [0, 0.05) is 17.7 Å². The monoisotopic (exact) mass is 326 g/mol. The number of esters is 1. The number of rotatable bonds is 4. The molecule has 2 aromatic carbocycles. The Morgan fingerprint density at radius 3 is 2.41 bits per heavy atom. The van der Waals surface area contributed by atoms with E-state index in [1.807, 2.05) is 0 Å². The van der Waals surface area contributed by atoms with E-state index in [0.717, 1.165) is 19.2 Å². The van der Waals surface area contributed by atoms with Gasteiger partial charge >= 0.3 is 5.97 Å². The van der Waals surface area contributed by atoms with Crippen molar-refractivity contribution in [2.75, 3.05) is 7.11 Å². The highest BCUT2D eigenvalue weighted by Crippen LogP contribution is 2.29. The zero-order valence-electron chi connectivity index (χ0n) is 11.2. The summed E-state index contributed by atoms with van der Waals surface area (Å²) in [7, 11) is 1.07. The van der Waals surface area contributed by atoms with Gasteiger partial charge in [-0.3, -0.25) is 4.79 Å². The highest BCUT2D eigenvalue weighted by molar-refractivity contribution is 6.45. The first-order valence-electron chi connectivity index (χ1n) is 5.97. The van der Waals surface area contributed by atoms with Gasteiger partial charge in [0.2, 0.25) is 0 Å². The van der Waals surface area contributed by atoms with E-state index in [4.69, 9.17) is 16.3 Å². The van der Waals surface area contributed by atoms with Crippen molar-refractivity contribution in [3.63, 3.8) is 0 Å². The summed E-state index contributed by atoms with van der Waals surface area (Å²) >= 11 is 5.89. The average molecular weight is 327 g/mol. The number of carbonyl (C=O) groups excluding carboxylic acids is 2. The normalized spacial score (nSPS) is 10.2. The second kappa shape index (κ2) is 6.53. The first-order chi connectivity index (χ1) is 10.4. The molecule has 0 atom stereocenters. The Bertz CT molecular complexity index is 746. The van der Waals surface area contributed by atoms with Gasteiger partial charge in [-0.25, -0.2) is 13.6 Å². The van der Waals surface area contributed by atoms with Crippen molar-refractivity contribution in [2.45, 2.75) is 0 Å². The third-order valence-electron chi connectivity index (χ3n) is 2.68. The van der Waals surface area contributed by atoms with E-state index in [1.165, 1.54) is 18.2 Å². The Labute approximate surface area is 129 Å². The molecule has 0 aliphatic carbocycles. The standard InChI is InChI=1S/C15H9ClF2O4/c1-21-15(20)14(19)10-4-3-9(7-11(10)16)22-13-5-2-8(17)6-12(13)18/h2-7H,1H3. The van der Waals surface area contributed by atoms with E-state index < -0.39 is 23.4 Å². The van der Waals surface area contributed by atoms with Crippen molar-refractivity contribution in [1.29, 1.82) is 0 Å². The fourth-order valence-electron chi connectivity index (χ4n) is 1.63. The van der Waals surface area contributed by atoms with Crippen molar-refractivity contribution in [3.05, 3.63) is 58.6 Å². The Morgan fingerprint density at radius 1 is 1.09 bits per heavy atom. The number of methoxy groups -OCH3 is 1. The topological polar surface area (TPSA) is 52.6 Å². The summed E-state index contributed by atoms with van der Waals surface area (Å²) in [6, 6.07) is 6.64. The van der Waals surface area contributed by atoms with Crippen LogP contribution in [0.5, 0.6) is 11.5 Å². The van der Waals surface area contributed by atoms with Crippen molar-refractivity contribution < 1.29 is 27.8 Å². The number of benzene rings is 2. The summed E-state index contributed by atoms with van der Waals surface area (Å²) in [5.41, 5.74) is -0.0690. The predicted octanol–water partition coefficient (Wildman–Crippen LogP) is 3.77. The zero-order chi connectivity index (χ0) is 16.3. The van der Waals surface area contributed by atoms with E-state index in [9.17, 15) is 18.4 Å². The molecule has 0 amide bonds. The molecule has 0 spiro atoms. The molecule has 0 bridgehead atoms. The zero-order valence-corrected chi connectivity index (χ0v) is 12.0. The van der Waals surface area contributed by atoms with Gasteiger partial charge < -0.3 is 9.47 Å². The first kappa shape index (κ1) is 15.9. The molecule has 0 aromatic heterocycles. The molecular formula is C15H9ClF2O4. The molecule has 0 saturated carbocycles. The second-order valence-corrected chi connectivity index (χ2v) is 4.55. The number of hydrogen-bond donors (Lipinski definition) is 0. The van der Waals surface area contributed by atoms with Crippen LogP contribution in [0.25, 0.3) is 0 Å². The summed E-state index contributed by atoms with van der Waals surface area (Å²) in [5.74, 6) is -3.67. The maximum atomic E-state index is 13.5. The van der Waals surface area contributed by atoms with E-state index >= 15 is 0 Å². The molecule has 0 saturated heterocycles. The van der Waals surface area contributed by atoms with Crippen LogP contribution in [0.15, 0.2) is 36.4 Å². The van der Waals surface area contributed by atoms with Gasteiger partial charge in [0.05, 0.1) is 12.1 Å². The molecule has 0 unspecified atom stereocenters. The molecule has 0 N–H and O–H groups in total. The van der Waals surface area contributed by atoms with E-state index in [1.54, 1.807) is 0 Å². The van der Waals surface area contributed by atoms with Crippen LogP contribution in [0.4, 0.5) is 8.78 Å². The van der Waals surface area contributed by atoms with Crippen molar-refractivity contribution in [2.24, 2.45) is 0 Å². The van der Waals surface area contributed by atoms with Crippen LogP contribution in [0.3, 0.4) is 0 Å². The molecule has 0 aliphatic heterocycles. The number of carbonyl (C=O) groups is 2. The van der Waals surface area contributed by atoms with Crippen LogP contribution in [0.2, 0.25) is 5.02 Å². The van der Waals surface area contributed by atoms with E-state index in [-0.39, 0.29) is 22.1 Å². The second-order valence-electron chi connectivity index (χ2n) is 4.14. The van der Waals surface area contributed by atoms with Gasteiger partial charge in [-0.2, -0.15) is 0 Å². The van der Waals surface area contributed by atoms with E-state index in [2.05, 4.69) is 4.74 Å². The average Bonchev–Trinajstić information content (AvgIpc) is 2.49. The lowest BCUT2D eigenvalue weighted by atomic mass is 10.1. The van der Waals surface area contributed by atoms with Gasteiger partial charge in [-0.1, -0.05) is 11.6 Å². The number of ketones is 1. The largest absolute Gasteiger partial charge is 0.463 e. The summed E-state index contributed by atoms with van der Waals surface area (Å²) in [6.07, 6.45) is 0. The molecule has 0 aliphatic rings. The molecule has 114 valence electrons. The minimum atomic E-state index is -1.06. The summed E-state index contributed by atoms with van der Waals surface area (Å²) in [5, 5.41) is -0.0598.